The molecule has 1 aromatic heterocycles. The van der Waals surface area contributed by atoms with Crippen LogP contribution in [-0.4, -0.2) is 13.4 Å². The third-order valence-electron chi connectivity index (χ3n) is 14.8. The summed E-state index contributed by atoms with van der Waals surface area (Å²) in [5.74, 6) is 1.15. The summed E-state index contributed by atoms with van der Waals surface area (Å²) in [5.41, 5.74) is 25.7. The second kappa shape index (κ2) is 13.8. The summed E-state index contributed by atoms with van der Waals surface area (Å²) in [7, 11) is 0. The summed E-state index contributed by atoms with van der Waals surface area (Å²) >= 11 is 1.97. The lowest BCUT2D eigenvalue weighted by Crippen LogP contribution is -2.68. The molecule has 8 aromatic carbocycles. The van der Waals surface area contributed by atoms with Crippen LogP contribution < -0.4 is 42.6 Å². The number of nitrogens with zero attached hydrogens (tertiary/aromatic N) is 2. The Morgan fingerprint density at radius 1 is 0.484 bits per heavy atom. The summed E-state index contributed by atoms with van der Waals surface area (Å²) < 4.78 is 6.74. The largest absolute Gasteiger partial charge is 0.456 e. The van der Waals surface area contributed by atoms with Crippen molar-refractivity contribution in [1.29, 1.82) is 0 Å². The standard InChI is InChI=1S/C58H48B2N2OS/c1-32(2)36-24-27-47-42(29-36)59-41-18-10-13-22-51(41)64-58-53(40-17-14-21-50-52(40)39-16-9-12-20-49(39)63-50)56-54-57(55(58)59)62(47)48-28-25-38(34(5)6)31-44(48)60(54)43-30-37(33(3)4)23-26-46(43)61(56)45-19-11-8-15-35(45)7/h8-34H,1-7H3. The number of hydrogen-bond acceptors (Lipinski definition) is 4. The second-order valence-corrected chi connectivity index (χ2v) is 20.4. The minimum Gasteiger partial charge on any atom is -0.456 e. The molecule has 4 aliphatic rings. The smallest absolute Gasteiger partial charge is 0.252 e. The van der Waals surface area contributed by atoms with Gasteiger partial charge in [0.2, 0.25) is 6.71 Å². The molecule has 0 aliphatic carbocycles. The molecule has 5 heterocycles. The normalized spacial score (nSPS) is 14.1. The van der Waals surface area contributed by atoms with Crippen molar-refractivity contribution >= 4 is 114 Å². The molecule has 0 radical (unpaired) electrons. The van der Waals surface area contributed by atoms with Gasteiger partial charge in [0.1, 0.15) is 11.2 Å². The molecule has 0 saturated heterocycles. The zero-order valence-corrected chi connectivity index (χ0v) is 38.3. The lowest BCUT2D eigenvalue weighted by atomic mass is 9.29. The highest BCUT2D eigenvalue weighted by molar-refractivity contribution is 8.00. The van der Waals surface area contributed by atoms with Crippen LogP contribution in [0.25, 0.3) is 33.1 Å². The van der Waals surface area contributed by atoms with E-state index in [-0.39, 0.29) is 13.4 Å². The number of para-hydroxylation sites is 2. The highest BCUT2D eigenvalue weighted by Gasteiger charge is 2.52. The Morgan fingerprint density at radius 2 is 1.03 bits per heavy atom. The monoisotopic (exact) mass is 842 g/mol. The molecule has 6 heteroatoms. The summed E-state index contributed by atoms with van der Waals surface area (Å²) in [4.78, 5) is 8.02. The van der Waals surface area contributed by atoms with E-state index in [0.717, 1.165) is 16.6 Å². The minimum atomic E-state index is -0.00688. The zero-order chi connectivity index (χ0) is 43.3. The van der Waals surface area contributed by atoms with Gasteiger partial charge < -0.3 is 14.2 Å². The molecule has 0 unspecified atom stereocenters. The van der Waals surface area contributed by atoms with Crippen LogP contribution in [0.1, 0.15) is 81.5 Å². The number of anilines is 6. The van der Waals surface area contributed by atoms with Crippen molar-refractivity contribution in [2.75, 3.05) is 9.80 Å². The van der Waals surface area contributed by atoms with Crippen LogP contribution in [0.3, 0.4) is 0 Å². The number of benzene rings is 8. The average molecular weight is 843 g/mol. The highest BCUT2D eigenvalue weighted by atomic mass is 32.2. The van der Waals surface area contributed by atoms with E-state index in [1.807, 2.05) is 11.8 Å². The van der Waals surface area contributed by atoms with Crippen molar-refractivity contribution in [3.05, 3.63) is 168 Å². The molecular weight excluding hydrogens is 794 g/mol. The number of furan rings is 1. The highest BCUT2D eigenvalue weighted by Crippen LogP contribution is 2.55. The quantitative estimate of drug-likeness (QED) is 0.161. The van der Waals surface area contributed by atoms with Crippen LogP contribution in [0.15, 0.2) is 160 Å². The Balaban J connectivity index is 1.29. The van der Waals surface area contributed by atoms with Gasteiger partial charge in [0.05, 0.1) is 5.69 Å². The molecule has 0 N–H and O–H groups in total. The maximum absolute atomic E-state index is 6.74. The van der Waals surface area contributed by atoms with Gasteiger partial charge in [-0.1, -0.05) is 162 Å². The van der Waals surface area contributed by atoms with Crippen molar-refractivity contribution in [2.45, 2.75) is 76.0 Å². The van der Waals surface area contributed by atoms with E-state index in [4.69, 9.17) is 4.42 Å². The van der Waals surface area contributed by atoms with E-state index < -0.39 is 0 Å². The average Bonchev–Trinajstić information content (AvgIpc) is 3.70. The summed E-state index contributed by atoms with van der Waals surface area (Å²) in [6.45, 7) is 16.3. The van der Waals surface area contributed by atoms with E-state index in [1.165, 1.54) is 115 Å². The van der Waals surface area contributed by atoms with Gasteiger partial charge in [-0.3, -0.25) is 0 Å². The van der Waals surface area contributed by atoms with Crippen LogP contribution >= 0.6 is 11.8 Å². The molecule has 64 heavy (non-hydrogen) atoms. The first kappa shape index (κ1) is 38.1. The van der Waals surface area contributed by atoms with Crippen LogP contribution in [-0.2, 0) is 0 Å². The predicted octanol–water partition coefficient (Wildman–Crippen LogP) is 12.3. The van der Waals surface area contributed by atoms with Gasteiger partial charge in [0, 0.05) is 54.6 Å². The third-order valence-corrected chi connectivity index (χ3v) is 16.0. The van der Waals surface area contributed by atoms with Crippen LogP contribution in [0.4, 0.5) is 34.1 Å². The van der Waals surface area contributed by atoms with Crippen molar-refractivity contribution < 1.29 is 4.42 Å². The van der Waals surface area contributed by atoms with E-state index >= 15 is 0 Å². The third kappa shape index (κ3) is 5.15. The van der Waals surface area contributed by atoms with Gasteiger partial charge in [-0.2, -0.15) is 0 Å². The molecule has 3 nitrogen and oxygen atoms in total. The first-order valence-electron chi connectivity index (χ1n) is 23.2. The fourth-order valence-corrected chi connectivity index (χ4v) is 12.9. The first-order chi connectivity index (χ1) is 31.2. The molecule has 0 fully saturated rings. The van der Waals surface area contributed by atoms with Crippen molar-refractivity contribution in [3.63, 3.8) is 0 Å². The molecule has 0 bridgehead atoms. The summed E-state index contributed by atoms with van der Waals surface area (Å²) in [5, 5.41) is 2.32. The maximum atomic E-state index is 6.74. The van der Waals surface area contributed by atoms with Gasteiger partial charge >= 0.3 is 0 Å². The molecule has 0 saturated carbocycles. The Bertz CT molecular complexity index is 3470. The van der Waals surface area contributed by atoms with Crippen molar-refractivity contribution in [2.24, 2.45) is 0 Å². The lowest BCUT2D eigenvalue weighted by Gasteiger charge is -2.51. The Hall–Kier alpha value is -6.36. The molecule has 308 valence electrons. The topological polar surface area (TPSA) is 19.6 Å². The molecule has 0 atom stereocenters. The number of aryl methyl sites for hydroxylation is 1. The molecule has 9 aromatic rings. The maximum Gasteiger partial charge on any atom is 0.252 e. The van der Waals surface area contributed by atoms with E-state index in [9.17, 15) is 0 Å². The number of rotatable bonds is 5. The number of hydrogen-bond donors (Lipinski definition) is 0. The fourth-order valence-electron chi connectivity index (χ4n) is 11.6. The minimum absolute atomic E-state index is 0.00688. The van der Waals surface area contributed by atoms with Gasteiger partial charge in [0.25, 0.3) is 6.71 Å². The Labute approximate surface area is 381 Å². The van der Waals surface area contributed by atoms with Gasteiger partial charge in [-0.05, 0) is 122 Å². The Kier molecular flexibility index (Phi) is 8.23. The van der Waals surface area contributed by atoms with E-state index in [1.54, 1.807) is 0 Å². The number of fused-ring (bicyclic) bond motifs is 13. The Morgan fingerprint density at radius 3 is 1.67 bits per heavy atom. The van der Waals surface area contributed by atoms with Crippen molar-refractivity contribution in [1.82, 2.24) is 0 Å². The van der Waals surface area contributed by atoms with Crippen LogP contribution in [0, 0.1) is 6.92 Å². The van der Waals surface area contributed by atoms with E-state index in [2.05, 4.69) is 204 Å². The first-order valence-corrected chi connectivity index (χ1v) is 24.0. The van der Waals surface area contributed by atoms with Gasteiger partial charge in [-0.15, -0.1) is 0 Å². The fraction of sp³-hybridized carbons (Fsp3) is 0.172. The van der Waals surface area contributed by atoms with E-state index in [0.29, 0.717) is 17.8 Å². The molecular formula is C58H48B2N2OS. The molecule has 13 rings (SSSR count). The predicted molar refractivity (Wildman–Crippen MR) is 275 cm³/mol. The summed E-state index contributed by atoms with van der Waals surface area (Å²) in [6.07, 6.45) is 0. The van der Waals surface area contributed by atoms with Crippen LogP contribution in [0.2, 0.25) is 0 Å². The summed E-state index contributed by atoms with van der Waals surface area (Å²) in [6, 6.07) is 55.8. The second-order valence-electron chi connectivity index (χ2n) is 19.4. The van der Waals surface area contributed by atoms with Gasteiger partial charge in [-0.25, -0.2) is 0 Å². The van der Waals surface area contributed by atoms with Crippen LogP contribution in [0.5, 0.6) is 0 Å². The lowest BCUT2D eigenvalue weighted by molar-refractivity contribution is 0.669. The van der Waals surface area contributed by atoms with Gasteiger partial charge in [0.15, 0.2) is 0 Å². The van der Waals surface area contributed by atoms with Crippen molar-refractivity contribution in [3.8, 4) is 11.1 Å². The zero-order valence-electron chi connectivity index (χ0n) is 37.5. The molecule has 0 spiro atoms. The SMILES string of the molecule is Cc1ccccc1N1c2ccc(C(C)C)cc2B2c3cc(C(C)C)ccc3N3c4ccc(C(C)C)cc4B4c5ccccc5Sc5c4c3c2c1c5-c1cccc2oc3ccccc3c12. The molecule has 4 aliphatic heterocycles. The molecule has 0 amide bonds.